The van der Waals surface area contributed by atoms with Crippen molar-refractivity contribution in [2.75, 3.05) is 0 Å². The van der Waals surface area contributed by atoms with E-state index in [0.717, 1.165) is 0 Å². The molecule has 0 spiro atoms. The number of carbonyl (C=O) groups excluding carboxylic acids is 1. The number of rotatable bonds is 4. The molecular weight excluding hydrogens is 285 g/mol. The summed E-state index contributed by atoms with van der Waals surface area (Å²) >= 11 is 0. The minimum Gasteiger partial charge on any atom is -0.474 e. The lowest BCUT2D eigenvalue weighted by Crippen LogP contribution is -2.41. The fourth-order valence-corrected chi connectivity index (χ4v) is 2.37. The monoisotopic (exact) mass is 302 g/mol. The maximum absolute atomic E-state index is 12.1. The SMILES string of the molecule is O=C(CC(F)(F)F)NC1CCC(Oc2ccccn2)CC1. The lowest BCUT2D eigenvalue weighted by molar-refractivity contribution is -0.154. The van der Waals surface area contributed by atoms with Crippen LogP contribution < -0.4 is 10.1 Å². The van der Waals surface area contributed by atoms with Crippen LogP contribution in [0.3, 0.4) is 0 Å². The van der Waals surface area contributed by atoms with Crippen molar-refractivity contribution in [3.05, 3.63) is 24.4 Å². The van der Waals surface area contributed by atoms with Crippen LogP contribution in [0.1, 0.15) is 32.1 Å². The molecule has 7 heteroatoms. The van der Waals surface area contributed by atoms with Gasteiger partial charge in [0.2, 0.25) is 11.8 Å². The van der Waals surface area contributed by atoms with Gasteiger partial charge in [-0.2, -0.15) is 13.2 Å². The molecule has 0 aromatic carbocycles. The van der Waals surface area contributed by atoms with E-state index in [2.05, 4.69) is 10.3 Å². The topological polar surface area (TPSA) is 51.2 Å². The summed E-state index contributed by atoms with van der Waals surface area (Å²) in [5.74, 6) is -0.418. The third kappa shape index (κ3) is 5.61. The third-order valence-corrected chi connectivity index (χ3v) is 3.33. The van der Waals surface area contributed by atoms with E-state index in [9.17, 15) is 18.0 Å². The standard InChI is InChI=1S/C14H17F3N2O2/c15-14(16,17)9-12(20)19-10-4-6-11(7-5-10)21-13-3-1-2-8-18-13/h1-3,8,10-11H,4-7,9H2,(H,19,20). The molecule has 1 fully saturated rings. The fraction of sp³-hybridized carbons (Fsp3) is 0.571. The van der Waals surface area contributed by atoms with Gasteiger partial charge in [-0.3, -0.25) is 4.79 Å². The second kappa shape index (κ2) is 6.78. The molecule has 1 aromatic heterocycles. The summed E-state index contributed by atoms with van der Waals surface area (Å²) in [4.78, 5) is 15.3. The van der Waals surface area contributed by atoms with Gasteiger partial charge in [-0.05, 0) is 31.7 Å². The van der Waals surface area contributed by atoms with E-state index >= 15 is 0 Å². The molecular formula is C14H17F3N2O2. The van der Waals surface area contributed by atoms with Crippen LogP contribution in [0.5, 0.6) is 5.88 Å². The molecule has 1 saturated carbocycles. The van der Waals surface area contributed by atoms with Crippen molar-refractivity contribution in [2.45, 2.75) is 50.4 Å². The van der Waals surface area contributed by atoms with Gasteiger partial charge < -0.3 is 10.1 Å². The average molecular weight is 302 g/mol. The summed E-state index contributed by atoms with van der Waals surface area (Å²) in [6, 6.07) is 5.17. The Bertz CT molecular complexity index is 457. The quantitative estimate of drug-likeness (QED) is 0.930. The number of nitrogens with zero attached hydrogens (tertiary/aromatic N) is 1. The van der Waals surface area contributed by atoms with Gasteiger partial charge >= 0.3 is 6.18 Å². The predicted octanol–water partition coefficient (Wildman–Crippen LogP) is 2.84. The number of aromatic nitrogens is 1. The number of hydrogen-bond acceptors (Lipinski definition) is 3. The van der Waals surface area contributed by atoms with Gasteiger partial charge in [0.25, 0.3) is 0 Å². The highest BCUT2D eigenvalue weighted by Crippen LogP contribution is 2.24. The molecule has 1 aromatic rings. The molecule has 2 rings (SSSR count). The van der Waals surface area contributed by atoms with Crippen LogP contribution in [-0.2, 0) is 4.79 Å². The first-order valence-electron chi connectivity index (χ1n) is 6.86. The number of ether oxygens (including phenoxy) is 1. The molecule has 1 aliphatic carbocycles. The Kier molecular flexibility index (Phi) is 5.03. The number of pyridine rings is 1. The fourth-order valence-electron chi connectivity index (χ4n) is 2.37. The molecule has 4 nitrogen and oxygen atoms in total. The summed E-state index contributed by atoms with van der Waals surface area (Å²) < 4.78 is 41.9. The lowest BCUT2D eigenvalue weighted by atomic mass is 9.93. The van der Waals surface area contributed by atoms with Gasteiger partial charge in [0.15, 0.2) is 0 Å². The van der Waals surface area contributed by atoms with Crippen molar-refractivity contribution in [1.29, 1.82) is 0 Å². The second-order valence-electron chi connectivity index (χ2n) is 5.12. The average Bonchev–Trinajstić information content (AvgIpc) is 2.40. The molecule has 0 unspecified atom stereocenters. The van der Waals surface area contributed by atoms with Gasteiger partial charge in [0.1, 0.15) is 12.5 Å². The summed E-state index contributed by atoms with van der Waals surface area (Å²) in [5, 5.41) is 2.43. The predicted molar refractivity (Wildman–Crippen MR) is 69.7 cm³/mol. The maximum Gasteiger partial charge on any atom is 0.397 e. The first-order chi connectivity index (χ1) is 9.92. The van der Waals surface area contributed by atoms with Crippen LogP contribution >= 0.6 is 0 Å². The Morgan fingerprint density at radius 1 is 1.29 bits per heavy atom. The van der Waals surface area contributed by atoms with Gasteiger partial charge in [0.05, 0.1) is 0 Å². The lowest BCUT2D eigenvalue weighted by Gasteiger charge is -2.29. The summed E-state index contributed by atoms with van der Waals surface area (Å²) in [6.07, 6.45) is -1.64. The van der Waals surface area contributed by atoms with Crippen LogP contribution in [0.15, 0.2) is 24.4 Å². The summed E-state index contributed by atoms with van der Waals surface area (Å²) in [6.45, 7) is 0. The molecule has 116 valence electrons. The molecule has 0 saturated heterocycles. The van der Waals surface area contributed by atoms with Gasteiger partial charge in [-0.15, -0.1) is 0 Å². The van der Waals surface area contributed by atoms with Crippen molar-refractivity contribution < 1.29 is 22.7 Å². The first-order valence-corrected chi connectivity index (χ1v) is 6.86. The Morgan fingerprint density at radius 2 is 2.00 bits per heavy atom. The van der Waals surface area contributed by atoms with Gasteiger partial charge in [-0.1, -0.05) is 6.07 Å². The van der Waals surface area contributed by atoms with Crippen molar-refractivity contribution in [3.8, 4) is 5.88 Å². The van der Waals surface area contributed by atoms with E-state index in [1.54, 1.807) is 18.3 Å². The van der Waals surface area contributed by atoms with Crippen LogP contribution in [0.2, 0.25) is 0 Å². The number of alkyl halides is 3. The summed E-state index contributed by atoms with van der Waals surface area (Å²) in [7, 11) is 0. The van der Waals surface area contributed by atoms with Gasteiger partial charge in [-0.25, -0.2) is 4.98 Å². The van der Waals surface area contributed by atoms with E-state index in [1.165, 1.54) is 0 Å². The Balaban J connectivity index is 1.72. The minimum atomic E-state index is -4.45. The maximum atomic E-state index is 12.1. The molecule has 0 bridgehead atoms. The molecule has 21 heavy (non-hydrogen) atoms. The highest BCUT2D eigenvalue weighted by molar-refractivity contribution is 5.76. The van der Waals surface area contributed by atoms with Crippen LogP contribution in [0, 0.1) is 0 Å². The van der Waals surface area contributed by atoms with Crippen molar-refractivity contribution >= 4 is 5.91 Å². The molecule has 1 heterocycles. The van der Waals surface area contributed by atoms with Crippen LogP contribution in [-0.4, -0.2) is 29.2 Å². The van der Waals surface area contributed by atoms with Crippen molar-refractivity contribution in [2.24, 2.45) is 0 Å². The number of amides is 1. The number of halogens is 3. The molecule has 0 radical (unpaired) electrons. The zero-order valence-electron chi connectivity index (χ0n) is 11.4. The van der Waals surface area contributed by atoms with E-state index in [4.69, 9.17) is 4.74 Å². The van der Waals surface area contributed by atoms with Crippen molar-refractivity contribution in [1.82, 2.24) is 10.3 Å². The normalized spacial score (nSPS) is 22.6. The van der Waals surface area contributed by atoms with Crippen molar-refractivity contribution in [3.63, 3.8) is 0 Å². The highest BCUT2D eigenvalue weighted by atomic mass is 19.4. The van der Waals surface area contributed by atoms with Gasteiger partial charge in [0, 0.05) is 18.3 Å². The minimum absolute atomic E-state index is 0.00401. The highest BCUT2D eigenvalue weighted by Gasteiger charge is 2.32. The van der Waals surface area contributed by atoms with E-state index < -0.39 is 18.5 Å². The number of hydrogen-bond donors (Lipinski definition) is 1. The Labute approximate surface area is 120 Å². The zero-order chi connectivity index (χ0) is 15.3. The van der Waals surface area contributed by atoms with Crippen LogP contribution in [0.25, 0.3) is 0 Å². The molecule has 1 aliphatic rings. The first kappa shape index (κ1) is 15.6. The largest absolute Gasteiger partial charge is 0.474 e. The van der Waals surface area contributed by atoms with E-state index in [-0.39, 0.29) is 12.1 Å². The Morgan fingerprint density at radius 3 is 2.57 bits per heavy atom. The third-order valence-electron chi connectivity index (χ3n) is 3.33. The smallest absolute Gasteiger partial charge is 0.397 e. The summed E-state index contributed by atoms with van der Waals surface area (Å²) in [5.41, 5.74) is 0. The molecule has 1 amide bonds. The molecule has 0 atom stereocenters. The zero-order valence-corrected chi connectivity index (χ0v) is 11.4. The molecule has 1 N–H and O–H groups in total. The van der Waals surface area contributed by atoms with E-state index in [0.29, 0.717) is 31.6 Å². The van der Waals surface area contributed by atoms with Crippen LogP contribution in [0.4, 0.5) is 13.2 Å². The number of nitrogens with one attached hydrogen (secondary N) is 1. The second-order valence-corrected chi connectivity index (χ2v) is 5.12. The number of carbonyl (C=O) groups is 1. The van der Waals surface area contributed by atoms with E-state index in [1.807, 2.05) is 6.07 Å². The molecule has 0 aliphatic heterocycles. The Hall–Kier alpha value is -1.79.